The van der Waals surface area contributed by atoms with Crippen molar-refractivity contribution in [1.29, 1.82) is 0 Å². The summed E-state index contributed by atoms with van der Waals surface area (Å²) in [6, 6.07) is 9.80. The number of nitrogens with zero attached hydrogens (tertiary/aromatic N) is 1. The van der Waals surface area contributed by atoms with E-state index >= 15 is 0 Å². The number of aromatic amines is 2. The Morgan fingerprint density at radius 2 is 2.19 bits per heavy atom. The number of benzene rings is 1. The molecule has 0 fully saturated rings. The van der Waals surface area contributed by atoms with Crippen LogP contribution in [0.4, 0.5) is 0 Å². The number of rotatable bonds is 4. The molecule has 1 amide bonds. The van der Waals surface area contributed by atoms with Gasteiger partial charge in [-0.2, -0.15) is 5.10 Å². The quantitative estimate of drug-likeness (QED) is 0.688. The molecule has 21 heavy (non-hydrogen) atoms. The number of aryl methyl sites for hydroxylation is 1. The number of carbonyl (C=O) groups excluding carboxylic acids is 1. The topological polar surface area (TPSA) is 73.6 Å². The van der Waals surface area contributed by atoms with E-state index in [2.05, 4.69) is 20.5 Å². The smallest absolute Gasteiger partial charge is 0.253 e. The van der Waals surface area contributed by atoms with Crippen molar-refractivity contribution in [2.24, 2.45) is 0 Å². The Balaban J connectivity index is 1.71. The lowest BCUT2D eigenvalue weighted by Crippen LogP contribution is -2.34. The Labute approximate surface area is 122 Å². The maximum atomic E-state index is 12.4. The van der Waals surface area contributed by atoms with Crippen molar-refractivity contribution < 1.29 is 4.79 Å². The molecule has 3 rings (SSSR count). The molecule has 0 aliphatic carbocycles. The fourth-order valence-electron chi connectivity index (χ4n) is 2.50. The molecule has 2 aromatic heterocycles. The number of nitrogens with one attached hydrogen (secondary N) is 3. The molecule has 1 aromatic carbocycles. The highest BCUT2D eigenvalue weighted by atomic mass is 16.1. The van der Waals surface area contributed by atoms with Crippen LogP contribution < -0.4 is 5.32 Å². The maximum Gasteiger partial charge on any atom is 0.253 e. The van der Waals surface area contributed by atoms with Crippen LogP contribution in [-0.2, 0) is 6.42 Å². The third-order valence-corrected chi connectivity index (χ3v) is 3.49. The molecule has 1 unspecified atom stereocenters. The zero-order valence-corrected chi connectivity index (χ0v) is 12.1. The average Bonchev–Trinajstić information content (AvgIpc) is 3.04. The zero-order chi connectivity index (χ0) is 14.8. The number of aromatic nitrogens is 3. The summed E-state index contributed by atoms with van der Waals surface area (Å²) in [5, 5.41) is 11.1. The Hall–Kier alpha value is -2.56. The van der Waals surface area contributed by atoms with Crippen molar-refractivity contribution in [3.8, 4) is 0 Å². The van der Waals surface area contributed by atoms with Crippen LogP contribution >= 0.6 is 0 Å². The molecule has 0 saturated carbocycles. The van der Waals surface area contributed by atoms with E-state index in [1.54, 1.807) is 6.20 Å². The van der Waals surface area contributed by atoms with Gasteiger partial charge < -0.3 is 10.3 Å². The molecule has 0 saturated heterocycles. The summed E-state index contributed by atoms with van der Waals surface area (Å²) < 4.78 is 0. The van der Waals surface area contributed by atoms with Gasteiger partial charge >= 0.3 is 0 Å². The van der Waals surface area contributed by atoms with Gasteiger partial charge in [-0.1, -0.05) is 18.2 Å². The van der Waals surface area contributed by atoms with Crippen LogP contribution in [0.2, 0.25) is 0 Å². The Bertz CT molecular complexity index is 771. The average molecular weight is 282 g/mol. The molecule has 0 aliphatic rings. The van der Waals surface area contributed by atoms with Gasteiger partial charge in [0.2, 0.25) is 0 Å². The van der Waals surface area contributed by atoms with Gasteiger partial charge in [0.05, 0.1) is 11.3 Å². The predicted octanol–water partition coefficient (Wildman–Crippen LogP) is 2.56. The molecule has 0 radical (unpaired) electrons. The van der Waals surface area contributed by atoms with E-state index in [0.717, 1.165) is 22.3 Å². The summed E-state index contributed by atoms with van der Waals surface area (Å²) in [5.74, 6) is -0.0628. The number of amides is 1. The molecule has 0 aliphatic heterocycles. The number of para-hydroxylation sites is 1. The lowest BCUT2D eigenvalue weighted by atomic mass is 10.1. The van der Waals surface area contributed by atoms with Gasteiger partial charge in [0.25, 0.3) is 5.91 Å². The first-order valence-electron chi connectivity index (χ1n) is 7.01. The SMILES string of the molecule is Cc1cc(CC(C)NC(=O)c2c[nH]c3ccccc23)n[nH]1. The maximum absolute atomic E-state index is 12.4. The number of fused-ring (bicyclic) bond motifs is 1. The minimum atomic E-state index is -0.0628. The van der Waals surface area contributed by atoms with E-state index in [4.69, 9.17) is 0 Å². The standard InChI is InChI=1S/C16H18N4O/c1-10(7-12-8-11(2)19-20-12)18-16(21)14-9-17-15-6-4-3-5-13(14)15/h3-6,8-10,17H,7H2,1-2H3,(H,18,21)(H,19,20). The Morgan fingerprint density at radius 3 is 2.95 bits per heavy atom. The lowest BCUT2D eigenvalue weighted by molar-refractivity contribution is 0.0941. The van der Waals surface area contributed by atoms with Crippen molar-refractivity contribution in [2.45, 2.75) is 26.3 Å². The summed E-state index contributed by atoms with van der Waals surface area (Å²) in [7, 11) is 0. The molecular weight excluding hydrogens is 264 g/mol. The largest absolute Gasteiger partial charge is 0.360 e. The molecule has 3 N–H and O–H groups in total. The van der Waals surface area contributed by atoms with Gasteiger partial charge in [-0.3, -0.25) is 9.89 Å². The van der Waals surface area contributed by atoms with Crippen molar-refractivity contribution in [3.05, 3.63) is 53.5 Å². The Kier molecular flexibility index (Phi) is 3.48. The molecule has 5 heteroatoms. The van der Waals surface area contributed by atoms with Gasteiger partial charge in [-0.15, -0.1) is 0 Å². The van der Waals surface area contributed by atoms with Crippen molar-refractivity contribution in [1.82, 2.24) is 20.5 Å². The van der Waals surface area contributed by atoms with Crippen LogP contribution in [0.25, 0.3) is 10.9 Å². The van der Waals surface area contributed by atoms with Crippen LogP contribution in [0.5, 0.6) is 0 Å². The summed E-state index contributed by atoms with van der Waals surface area (Å²) in [6.07, 6.45) is 2.46. The monoisotopic (exact) mass is 282 g/mol. The molecule has 108 valence electrons. The van der Waals surface area contributed by atoms with Crippen LogP contribution in [-0.4, -0.2) is 27.1 Å². The summed E-state index contributed by atoms with van der Waals surface area (Å²) in [4.78, 5) is 15.5. The number of carbonyl (C=O) groups is 1. The number of H-pyrrole nitrogens is 2. The van der Waals surface area contributed by atoms with E-state index < -0.39 is 0 Å². The van der Waals surface area contributed by atoms with E-state index in [-0.39, 0.29) is 11.9 Å². The number of hydrogen-bond acceptors (Lipinski definition) is 2. The van der Waals surface area contributed by atoms with E-state index in [1.807, 2.05) is 44.2 Å². The van der Waals surface area contributed by atoms with Gasteiger partial charge in [-0.25, -0.2) is 0 Å². The van der Waals surface area contributed by atoms with Crippen LogP contribution in [0.15, 0.2) is 36.5 Å². The summed E-state index contributed by atoms with van der Waals surface area (Å²) in [5.41, 5.74) is 3.63. The molecule has 0 bridgehead atoms. The number of hydrogen-bond donors (Lipinski definition) is 3. The third-order valence-electron chi connectivity index (χ3n) is 3.49. The Morgan fingerprint density at radius 1 is 1.38 bits per heavy atom. The summed E-state index contributed by atoms with van der Waals surface area (Å²) >= 11 is 0. The van der Waals surface area contributed by atoms with E-state index in [9.17, 15) is 4.79 Å². The van der Waals surface area contributed by atoms with Gasteiger partial charge in [-0.05, 0) is 26.0 Å². The highest BCUT2D eigenvalue weighted by Crippen LogP contribution is 2.17. The van der Waals surface area contributed by atoms with Gasteiger partial charge in [0.1, 0.15) is 0 Å². The predicted molar refractivity (Wildman–Crippen MR) is 82.3 cm³/mol. The fraction of sp³-hybridized carbons (Fsp3) is 0.250. The molecule has 3 aromatic rings. The minimum absolute atomic E-state index is 0.0221. The lowest BCUT2D eigenvalue weighted by Gasteiger charge is -2.12. The highest BCUT2D eigenvalue weighted by Gasteiger charge is 2.15. The normalized spacial score (nSPS) is 12.5. The first-order valence-corrected chi connectivity index (χ1v) is 7.01. The first kappa shape index (κ1) is 13.4. The zero-order valence-electron chi connectivity index (χ0n) is 12.1. The van der Waals surface area contributed by atoms with Crippen molar-refractivity contribution in [3.63, 3.8) is 0 Å². The third kappa shape index (κ3) is 2.81. The second kappa shape index (κ2) is 5.44. The summed E-state index contributed by atoms with van der Waals surface area (Å²) in [6.45, 7) is 3.95. The highest BCUT2D eigenvalue weighted by molar-refractivity contribution is 6.06. The molecule has 0 spiro atoms. The van der Waals surface area contributed by atoms with Crippen LogP contribution in [0, 0.1) is 6.92 Å². The van der Waals surface area contributed by atoms with Crippen LogP contribution in [0.3, 0.4) is 0 Å². The second-order valence-corrected chi connectivity index (χ2v) is 5.37. The van der Waals surface area contributed by atoms with E-state index in [1.165, 1.54) is 0 Å². The van der Waals surface area contributed by atoms with Crippen molar-refractivity contribution in [2.75, 3.05) is 0 Å². The molecule has 1 atom stereocenters. The molecular formula is C16H18N4O. The van der Waals surface area contributed by atoms with Gasteiger partial charge in [0.15, 0.2) is 0 Å². The molecule has 5 nitrogen and oxygen atoms in total. The van der Waals surface area contributed by atoms with Crippen molar-refractivity contribution >= 4 is 16.8 Å². The fourth-order valence-corrected chi connectivity index (χ4v) is 2.50. The second-order valence-electron chi connectivity index (χ2n) is 5.37. The van der Waals surface area contributed by atoms with Crippen LogP contribution in [0.1, 0.15) is 28.7 Å². The van der Waals surface area contributed by atoms with Gasteiger partial charge in [0, 0.05) is 35.3 Å². The molecule has 2 heterocycles. The van der Waals surface area contributed by atoms with E-state index in [0.29, 0.717) is 12.0 Å². The first-order chi connectivity index (χ1) is 10.1. The minimum Gasteiger partial charge on any atom is -0.360 e.